The summed E-state index contributed by atoms with van der Waals surface area (Å²) in [5, 5.41) is 4.53. The number of aromatic nitrogens is 1. The summed E-state index contributed by atoms with van der Waals surface area (Å²) in [4.78, 5) is 3.17. The predicted octanol–water partition coefficient (Wildman–Crippen LogP) is 4.14. The molecule has 0 unspecified atom stereocenters. The molecule has 86 valence electrons. The summed E-state index contributed by atoms with van der Waals surface area (Å²) in [5.74, 6) is 0.902. The number of hydrogen-bond acceptors (Lipinski definition) is 2. The van der Waals surface area contributed by atoms with Crippen molar-refractivity contribution in [3.8, 4) is 0 Å². The normalized spacial score (nSPS) is 10.9. The maximum absolute atomic E-state index is 5.34. The van der Waals surface area contributed by atoms with Gasteiger partial charge < -0.3 is 14.7 Å². The van der Waals surface area contributed by atoms with Crippen molar-refractivity contribution in [2.45, 2.75) is 6.54 Å². The van der Waals surface area contributed by atoms with Gasteiger partial charge in [0.1, 0.15) is 5.76 Å². The van der Waals surface area contributed by atoms with E-state index in [0.717, 1.165) is 21.4 Å². The van der Waals surface area contributed by atoms with Crippen LogP contribution in [-0.4, -0.2) is 4.98 Å². The van der Waals surface area contributed by atoms with E-state index in [9.17, 15) is 0 Å². The molecule has 3 rings (SSSR count). The number of benzene rings is 1. The number of halogens is 1. The zero-order valence-corrected chi connectivity index (χ0v) is 10.6. The van der Waals surface area contributed by atoms with Crippen LogP contribution in [0, 0.1) is 0 Å². The van der Waals surface area contributed by atoms with Gasteiger partial charge in [0, 0.05) is 22.8 Å². The lowest BCUT2D eigenvalue weighted by atomic mass is 10.2. The first-order valence-corrected chi connectivity index (χ1v) is 6.15. The number of aromatic amines is 1. The Balaban J connectivity index is 1.78. The largest absolute Gasteiger partial charge is 0.466 e. The Morgan fingerprint density at radius 3 is 3.00 bits per heavy atom. The first kappa shape index (κ1) is 10.5. The highest BCUT2D eigenvalue weighted by Crippen LogP contribution is 2.21. The standard InChI is InChI=1S/C13H11BrN2O/c14-11-4-6-17-13(11)8-16-10-1-2-12-9(7-10)3-5-15-12/h1-7,15-16H,8H2. The highest BCUT2D eigenvalue weighted by atomic mass is 79.9. The van der Waals surface area contributed by atoms with Crippen molar-refractivity contribution in [3.63, 3.8) is 0 Å². The van der Waals surface area contributed by atoms with Gasteiger partial charge in [0.25, 0.3) is 0 Å². The van der Waals surface area contributed by atoms with Gasteiger partial charge in [-0.1, -0.05) is 0 Å². The number of furan rings is 1. The van der Waals surface area contributed by atoms with E-state index >= 15 is 0 Å². The van der Waals surface area contributed by atoms with Gasteiger partial charge in [0.15, 0.2) is 0 Å². The van der Waals surface area contributed by atoms with Crippen molar-refractivity contribution >= 4 is 32.5 Å². The summed E-state index contributed by atoms with van der Waals surface area (Å²) < 4.78 is 6.34. The molecule has 0 aliphatic heterocycles. The van der Waals surface area contributed by atoms with E-state index in [4.69, 9.17) is 4.42 Å². The molecule has 2 N–H and O–H groups in total. The monoisotopic (exact) mass is 290 g/mol. The molecule has 2 aromatic heterocycles. The number of nitrogens with one attached hydrogen (secondary N) is 2. The molecule has 0 atom stereocenters. The van der Waals surface area contributed by atoms with Gasteiger partial charge in [0.05, 0.1) is 17.3 Å². The van der Waals surface area contributed by atoms with Crippen LogP contribution in [0.3, 0.4) is 0 Å². The maximum Gasteiger partial charge on any atom is 0.136 e. The fourth-order valence-corrected chi connectivity index (χ4v) is 2.14. The number of fused-ring (bicyclic) bond motifs is 1. The molecule has 3 nitrogen and oxygen atoms in total. The maximum atomic E-state index is 5.34. The van der Waals surface area contributed by atoms with Crippen LogP contribution in [0.25, 0.3) is 10.9 Å². The smallest absolute Gasteiger partial charge is 0.136 e. The number of rotatable bonds is 3. The quantitative estimate of drug-likeness (QED) is 0.761. The zero-order valence-electron chi connectivity index (χ0n) is 9.03. The third-order valence-electron chi connectivity index (χ3n) is 2.70. The molecule has 17 heavy (non-hydrogen) atoms. The second kappa shape index (κ2) is 4.30. The molecule has 0 saturated heterocycles. The van der Waals surface area contributed by atoms with Crippen molar-refractivity contribution in [1.29, 1.82) is 0 Å². The van der Waals surface area contributed by atoms with E-state index in [1.54, 1.807) is 6.26 Å². The number of H-pyrrole nitrogens is 1. The molecular weight excluding hydrogens is 280 g/mol. The van der Waals surface area contributed by atoms with Crippen LogP contribution in [0.5, 0.6) is 0 Å². The van der Waals surface area contributed by atoms with E-state index in [-0.39, 0.29) is 0 Å². The molecule has 0 spiro atoms. The minimum atomic E-state index is 0.670. The minimum absolute atomic E-state index is 0.670. The highest BCUT2D eigenvalue weighted by molar-refractivity contribution is 9.10. The first-order valence-electron chi connectivity index (χ1n) is 5.36. The Labute approximate surface area is 107 Å². The van der Waals surface area contributed by atoms with Crippen molar-refractivity contribution < 1.29 is 4.42 Å². The molecule has 0 fully saturated rings. The second-order valence-corrected chi connectivity index (χ2v) is 4.68. The second-order valence-electron chi connectivity index (χ2n) is 3.82. The van der Waals surface area contributed by atoms with Crippen LogP contribution < -0.4 is 5.32 Å². The van der Waals surface area contributed by atoms with Gasteiger partial charge in [-0.15, -0.1) is 0 Å². The van der Waals surface area contributed by atoms with Gasteiger partial charge in [-0.05, 0) is 46.3 Å². The van der Waals surface area contributed by atoms with Crippen molar-refractivity contribution in [3.05, 3.63) is 53.0 Å². The van der Waals surface area contributed by atoms with E-state index in [0.29, 0.717) is 6.54 Å². The molecule has 1 aromatic carbocycles. The summed E-state index contributed by atoms with van der Waals surface area (Å²) >= 11 is 3.43. The fourth-order valence-electron chi connectivity index (χ4n) is 1.80. The third-order valence-corrected chi connectivity index (χ3v) is 3.40. The van der Waals surface area contributed by atoms with Gasteiger partial charge in [0.2, 0.25) is 0 Å². The molecule has 2 heterocycles. The molecular formula is C13H11BrN2O. The van der Waals surface area contributed by atoms with Crippen molar-refractivity contribution in [1.82, 2.24) is 4.98 Å². The first-order chi connectivity index (χ1) is 8.33. The summed E-state index contributed by atoms with van der Waals surface area (Å²) in [6, 6.07) is 10.2. The van der Waals surface area contributed by atoms with Gasteiger partial charge in [-0.25, -0.2) is 0 Å². The number of anilines is 1. The molecule has 0 amide bonds. The van der Waals surface area contributed by atoms with Crippen LogP contribution in [0.1, 0.15) is 5.76 Å². The van der Waals surface area contributed by atoms with Gasteiger partial charge in [-0.2, -0.15) is 0 Å². The van der Waals surface area contributed by atoms with E-state index < -0.39 is 0 Å². The molecule has 0 bridgehead atoms. The summed E-state index contributed by atoms with van der Waals surface area (Å²) in [6.45, 7) is 0.670. The number of hydrogen-bond donors (Lipinski definition) is 2. The Bertz CT molecular complexity index is 641. The van der Waals surface area contributed by atoms with Crippen LogP contribution in [0.15, 0.2) is 51.7 Å². The Morgan fingerprint density at radius 2 is 2.18 bits per heavy atom. The molecule has 3 aromatic rings. The summed E-state index contributed by atoms with van der Waals surface area (Å²) in [6.07, 6.45) is 3.62. The van der Waals surface area contributed by atoms with Crippen molar-refractivity contribution in [2.75, 3.05) is 5.32 Å². The van der Waals surface area contributed by atoms with Crippen molar-refractivity contribution in [2.24, 2.45) is 0 Å². The lowest BCUT2D eigenvalue weighted by molar-refractivity contribution is 0.516. The van der Waals surface area contributed by atoms with Crippen LogP contribution >= 0.6 is 15.9 Å². The van der Waals surface area contributed by atoms with Crippen LogP contribution in [0.4, 0.5) is 5.69 Å². The predicted molar refractivity (Wildman–Crippen MR) is 72.0 cm³/mol. The van der Waals surface area contributed by atoms with E-state index in [1.807, 2.05) is 12.3 Å². The minimum Gasteiger partial charge on any atom is -0.466 e. The van der Waals surface area contributed by atoms with Crippen LogP contribution in [-0.2, 0) is 6.54 Å². The third kappa shape index (κ3) is 2.08. The fraction of sp³-hybridized carbons (Fsp3) is 0.0769. The van der Waals surface area contributed by atoms with E-state index in [1.165, 1.54) is 5.39 Å². The zero-order chi connectivity index (χ0) is 11.7. The molecule has 4 heteroatoms. The Morgan fingerprint density at radius 1 is 1.24 bits per heavy atom. The SMILES string of the molecule is Brc1ccoc1CNc1ccc2[nH]ccc2c1. The Hall–Kier alpha value is -1.68. The summed E-state index contributed by atoms with van der Waals surface area (Å²) in [5.41, 5.74) is 2.23. The molecule has 0 aliphatic rings. The molecule has 0 saturated carbocycles. The average molecular weight is 291 g/mol. The lowest BCUT2D eigenvalue weighted by Crippen LogP contribution is -1.98. The topological polar surface area (TPSA) is 41.0 Å². The highest BCUT2D eigenvalue weighted by Gasteiger charge is 2.03. The molecule has 0 aliphatic carbocycles. The Kier molecular flexibility index (Phi) is 2.65. The van der Waals surface area contributed by atoms with Gasteiger partial charge in [-0.3, -0.25) is 0 Å². The average Bonchev–Trinajstić information content (AvgIpc) is 2.94. The van der Waals surface area contributed by atoms with Gasteiger partial charge >= 0.3 is 0 Å². The summed E-state index contributed by atoms with van der Waals surface area (Å²) in [7, 11) is 0. The van der Waals surface area contributed by atoms with E-state index in [2.05, 4.69) is 50.5 Å². The lowest BCUT2D eigenvalue weighted by Gasteiger charge is -2.04. The molecule has 0 radical (unpaired) electrons. The van der Waals surface area contributed by atoms with Crippen LogP contribution in [0.2, 0.25) is 0 Å².